The van der Waals surface area contributed by atoms with Gasteiger partial charge in [-0.25, -0.2) is 0 Å². The molecule has 3 aromatic carbocycles. The fraction of sp³-hybridized carbons (Fsp3) is 0.280. The number of hydrogen-bond donors (Lipinski definition) is 0. The van der Waals surface area contributed by atoms with Crippen LogP contribution in [-0.2, 0) is 13.0 Å². The molecule has 26 heavy (non-hydrogen) atoms. The second-order valence-corrected chi connectivity index (χ2v) is 8.21. The van der Waals surface area contributed by atoms with E-state index in [-0.39, 0.29) is 0 Å². The van der Waals surface area contributed by atoms with Crippen LogP contribution in [0.3, 0.4) is 0 Å². The number of nitrogens with zero attached hydrogens (tertiary/aromatic N) is 1. The van der Waals surface area contributed by atoms with Gasteiger partial charge in [-0.3, -0.25) is 0 Å². The van der Waals surface area contributed by atoms with Gasteiger partial charge in [-0.15, -0.1) is 0 Å². The van der Waals surface area contributed by atoms with E-state index in [9.17, 15) is 0 Å². The molecule has 6 rings (SSSR count). The quantitative estimate of drug-likeness (QED) is 0.504. The van der Waals surface area contributed by atoms with Crippen LogP contribution in [0, 0.1) is 12.8 Å². The molecule has 1 aliphatic carbocycles. The van der Waals surface area contributed by atoms with Crippen molar-refractivity contribution in [3.05, 3.63) is 100 Å². The van der Waals surface area contributed by atoms with Crippen LogP contribution >= 0.6 is 0 Å². The van der Waals surface area contributed by atoms with Crippen molar-refractivity contribution in [2.24, 2.45) is 5.92 Å². The van der Waals surface area contributed by atoms with E-state index < -0.39 is 0 Å². The maximum Gasteiger partial charge on any atom is 0.0587 e. The molecule has 1 heteroatoms. The zero-order valence-electron chi connectivity index (χ0n) is 15.2. The molecule has 0 N–H and O–H groups in total. The Morgan fingerprint density at radius 3 is 2.46 bits per heavy atom. The largest absolute Gasteiger partial charge is 0.360 e. The summed E-state index contributed by atoms with van der Waals surface area (Å²) >= 11 is 0. The van der Waals surface area contributed by atoms with E-state index in [1.54, 1.807) is 22.3 Å². The van der Waals surface area contributed by atoms with Crippen LogP contribution < -0.4 is 4.90 Å². The van der Waals surface area contributed by atoms with E-state index in [0.717, 1.165) is 6.54 Å². The Kier molecular flexibility index (Phi) is 2.94. The molecule has 0 saturated heterocycles. The topological polar surface area (TPSA) is 3.24 Å². The van der Waals surface area contributed by atoms with Gasteiger partial charge in [0.2, 0.25) is 0 Å². The molecule has 0 amide bonds. The van der Waals surface area contributed by atoms with E-state index in [0.29, 0.717) is 17.9 Å². The van der Waals surface area contributed by atoms with Gasteiger partial charge in [0.25, 0.3) is 0 Å². The van der Waals surface area contributed by atoms with Crippen LogP contribution in [-0.4, -0.2) is 0 Å². The third kappa shape index (κ3) is 1.86. The number of aryl methyl sites for hydroxylation is 2. The summed E-state index contributed by atoms with van der Waals surface area (Å²) in [5.74, 6) is 1.20. The minimum atomic E-state index is 0.528. The SMILES string of the molecule is Cc1ccc2c(c1)[C@H]1c3ccccc3CC[C@H]1[C@@H]1c3ccccc3CN21. The summed E-state index contributed by atoms with van der Waals surface area (Å²) in [5.41, 5.74) is 10.6. The van der Waals surface area contributed by atoms with Crippen molar-refractivity contribution in [1.82, 2.24) is 0 Å². The van der Waals surface area contributed by atoms with Crippen LogP contribution in [0.1, 0.15) is 51.8 Å². The first-order valence-electron chi connectivity index (χ1n) is 9.84. The Labute approximate surface area is 155 Å². The van der Waals surface area contributed by atoms with Crippen molar-refractivity contribution in [2.45, 2.75) is 38.3 Å². The molecule has 0 unspecified atom stereocenters. The predicted molar refractivity (Wildman–Crippen MR) is 107 cm³/mol. The number of rotatable bonds is 0. The number of benzene rings is 3. The minimum absolute atomic E-state index is 0.528. The molecule has 0 saturated carbocycles. The lowest BCUT2D eigenvalue weighted by Gasteiger charge is -2.47. The normalized spacial score (nSPS) is 25.0. The Morgan fingerprint density at radius 2 is 1.58 bits per heavy atom. The van der Waals surface area contributed by atoms with Gasteiger partial charge in [0.15, 0.2) is 0 Å². The van der Waals surface area contributed by atoms with Gasteiger partial charge in [0.05, 0.1) is 6.04 Å². The second-order valence-electron chi connectivity index (χ2n) is 8.21. The maximum absolute atomic E-state index is 2.69. The molecule has 0 radical (unpaired) electrons. The summed E-state index contributed by atoms with van der Waals surface area (Å²) in [6.45, 7) is 3.29. The lowest BCUT2D eigenvalue weighted by atomic mass is 9.65. The van der Waals surface area contributed by atoms with E-state index in [4.69, 9.17) is 0 Å². The highest BCUT2D eigenvalue weighted by atomic mass is 15.2. The molecule has 3 aromatic rings. The average molecular weight is 337 g/mol. The second kappa shape index (κ2) is 5.23. The summed E-state index contributed by atoms with van der Waals surface area (Å²) in [6.07, 6.45) is 2.50. The van der Waals surface area contributed by atoms with Gasteiger partial charge in [-0.1, -0.05) is 66.2 Å². The van der Waals surface area contributed by atoms with Crippen LogP contribution in [0.4, 0.5) is 5.69 Å². The van der Waals surface area contributed by atoms with E-state index in [1.165, 1.54) is 29.7 Å². The highest BCUT2D eigenvalue weighted by Crippen LogP contribution is 2.58. The zero-order valence-corrected chi connectivity index (χ0v) is 15.2. The van der Waals surface area contributed by atoms with Crippen molar-refractivity contribution in [3.63, 3.8) is 0 Å². The van der Waals surface area contributed by atoms with Gasteiger partial charge in [0.1, 0.15) is 0 Å². The first-order chi connectivity index (χ1) is 12.8. The van der Waals surface area contributed by atoms with E-state index in [2.05, 4.69) is 78.6 Å². The minimum Gasteiger partial charge on any atom is -0.360 e. The summed E-state index contributed by atoms with van der Waals surface area (Å²) < 4.78 is 0. The number of anilines is 1. The lowest BCUT2D eigenvalue weighted by molar-refractivity contribution is 0.321. The highest BCUT2D eigenvalue weighted by molar-refractivity contribution is 5.67. The molecule has 128 valence electrons. The molecule has 1 nitrogen and oxygen atoms in total. The van der Waals surface area contributed by atoms with Crippen LogP contribution in [0.15, 0.2) is 66.7 Å². The Morgan fingerprint density at radius 1 is 0.808 bits per heavy atom. The summed E-state index contributed by atoms with van der Waals surface area (Å²) in [5, 5.41) is 0. The molecular weight excluding hydrogens is 314 g/mol. The molecule has 0 spiro atoms. The van der Waals surface area contributed by atoms with Crippen LogP contribution in [0.25, 0.3) is 0 Å². The van der Waals surface area contributed by atoms with Crippen molar-refractivity contribution in [2.75, 3.05) is 4.90 Å². The fourth-order valence-electron chi connectivity index (χ4n) is 5.82. The molecule has 3 aliphatic rings. The van der Waals surface area contributed by atoms with Crippen molar-refractivity contribution in [3.8, 4) is 0 Å². The molecule has 0 bridgehead atoms. The first-order valence-corrected chi connectivity index (χ1v) is 9.84. The summed E-state index contributed by atoms with van der Waals surface area (Å²) in [4.78, 5) is 2.69. The zero-order chi connectivity index (χ0) is 17.3. The maximum atomic E-state index is 2.69. The van der Waals surface area contributed by atoms with Gasteiger partial charge < -0.3 is 4.90 Å². The first kappa shape index (κ1) is 14.6. The Balaban J connectivity index is 1.63. The van der Waals surface area contributed by atoms with Crippen molar-refractivity contribution >= 4 is 5.69 Å². The Hall–Kier alpha value is -2.54. The van der Waals surface area contributed by atoms with E-state index in [1.807, 2.05) is 0 Å². The van der Waals surface area contributed by atoms with Crippen LogP contribution in [0.2, 0.25) is 0 Å². The summed E-state index contributed by atoms with van der Waals surface area (Å²) in [6, 6.07) is 25.9. The molecular formula is C25H23N. The third-order valence-corrected chi connectivity index (χ3v) is 6.85. The molecule has 2 heterocycles. The third-order valence-electron chi connectivity index (χ3n) is 6.85. The lowest BCUT2D eigenvalue weighted by Crippen LogP contribution is -2.39. The van der Waals surface area contributed by atoms with Gasteiger partial charge in [0, 0.05) is 18.2 Å². The average Bonchev–Trinajstić information content (AvgIpc) is 3.07. The molecule has 0 fully saturated rings. The molecule has 3 atom stereocenters. The van der Waals surface area contributed by atoms with Gasteiger partial charge in [-0.2, -0.15) is 0 Å². The van der Waals surface area contributed by atoms with Crippen LogP contribution in [0.5, 0.6) is 0 Å². The monoisotopic (exact) mass is 337 g/mol. The van der Waals surface area contributed by atoms with Crippen molar-refractivity contribution in [1.29, 1.82) is 0 Å². The molecule has 2 aliphatic heterocycles. The summed E-state index contributed by atoms with van der Waals surface area (Å²) in [7, 11) is 0. The number of hydrogen-bond acceptors (Lipinski definition) is 1. The number of fused-ring (bicyclic) bond motifs is 10. The highest BCUT2D eigenvalue weighted by Gasteiger charge is 2.47. The predicted octanol–water partition coefficient (Wildman–Crippen LogP) is 5.76. The smallest absolute Gasteiger partial charge is 0.0587 e. The van der Waals surface area contributed by atoms with Gasteiger partial charge >= 0.3 is 0 Å². The van der Waals surface area contributed by atoms with E-state index >= 15 is 0 Å². The Bertz CT molecular complexity index is 1020. The molecule has 0 aromatic heterocycles. The fourth-order valence-corrected chi connectivity index (χ4v) is 5.82. The standard InChI is InChI=1S/C25H23N/c1-16-10-13-23-22(14-16)24-19-8-4-2-6-17(19)11-12-21(24)25-20-9-5-3-7-18(20)15-26(23)25/h2-10,13-14,21,24-25H,11-12,15H2,1H3/t21-,24+,25+/m1/s1. The van der Waals surface area contributed by atoms with Crippen molar-refractivity contribution < 1.29 is 0 Å². The van der Waals surface area contributed by atoms with Gasteiger partial charge in [-0.05, 0) is 59.6 Å².